The Morgan fingerprint density at radius 1 is 1.38 bits per heavy atom. The van der Waals surface area contributed by atoms with Crippen molar-refractivity contribution in [1.82, 2.24) is 0 Å². The molecule has 0 bridgehead atoms. The van der Waals surface area contributed by atoms with Crippen molar-refractivity contribution in [2.24, 2.45) is 0 Å². The van der Waals surface area contributed by atoms with Crippen molar-refractivity contribution in [2.75, 3.05) is 4.43 Å². The lowest BCUT2D eigenvalue weighted by atomic mass is 10.4. The molecule has 0 saturated heterocycles. The van der Waals surface area contributed by atoms with Crippen molar-refractivity contribution in [3.05, 3.63) is 24.3 Å². The zero-order valence-electron chi connectivity index (χ0n) is 5.10. The van der Waals surface area contributed by atoms with Crippen LogP contribution in [0.15, 0.2) is 24.3 Å². The van der Waals surface area contributed by atoms with Gasteiger partial charge in [-0.2, -0.15) is 0 Å². The predicted molar refractivity (Wildman–Crippen MR) is 47.5 cm³/mol. The van der Waals surface area contributed by atoms with Gasteiger partial charge in [0.15, 0.2) is 0 Å². The molecule has 0 nitrogen and oxygen atoms in total. The topological polar surface area (TPSA) is 0 Å². The Labute approximate surface area is 64.8 Å². The van der Waals surface area contributed by atoms with Crippen LogP contribution in [0.25, 0.3) is 0 Å². The van der Waals surface area contributed by atoms with E-state index in [4.69, 9.17) is 0 Å². The van der Waals surface area contributed by atoms with Crippen molar-refractivity contribution < 1.29 is 0 Å². The second-order valence-corrected chi connectivity index (χ2v) is 2.51. The Hall–Kier alpha value is 0.210. The molecule has 0 radical (unpaired) electrons. The van der Waals surface area contributed by atoms with Gasteiger partial charge in [-0.1, -0.05) is 46.9 Å². The smallest absolute Gasteiger partial charge is 0.00300 e. The van der Waals surface area contributed by atoms with Gasteiger partial charge >= 0.3 is 0 Å². The van der Waals surface area contributed by atoms with Gasteiger partial charge in [0.2, 0.25) is 0 Å². The van der Waals surface area contributed by atoms with E-state index in [1.54, 1.807) is 0 Å². The fourth-order valence-corrected chi connectivity index (χ4v) is 0.708. The summed E-state index contributed by atoms with van der Waals surface area (Å²) in [5.74, 6) is 0. The quantitative estimate of drug-likeness (QED) is 0.391. The minimum atomic E-state index is 1.19. The van der Waals surface area contributed by atoms with E-state index in [-0.39, 0.29) is 0 Å². The van der Waals surface area contributed by atoms with Crippen LogP contribution < -0.4 is 0 Å². The molecular weight excluding hydrogens is 211 g/mol. The number of alkyl halides is 1. The van der Waals surface area contributed by atoms with Crippen LogP contribution >= 0.6 is 22.6 Å². The van der Waals surface area contributed by atoms with Crippen molar-refractivity contribution >= 4 is 22.6 Å². The van der Waals surface area contributed by atoms with Crippen LogP contribution in [0.2, 0.25) is 0 Å². The number of halogens is 1. The molecule has 0 spiro atoms. The van der Waals surface area contributed by atoms with E-state index in [0.717, 1.165) is 0 Å². The summed E-state index contributed by atoms with van der Waals surface area (Å²) in [7, 11) is 0. The van der Waals surface area contributed by atoms with Gasteiger partial charge in [0.1, 0.15) is 0 Å². The molecule has 8 heavy (non-hydrogen) atoms. The fraction of sp³-hybridized carbons (Fsp3) is 0.429. The summed E-state index contributed by atoms with van der Waals surface area (Å²) >= 11 is 2.36. The average molecular weight is 222 g/mol. The first-order valence-corrected chi connectivity index (χ1v) is 4.28. The highest BCUT2D eigenvalue weighted by atomic mass is 127. The summed E-state index contributed by atoms with van der Waals surface area (Å²) in [5, 5.41) is 0. The minimum Gasteiger partial charge on any atom is -0.0877 e. The zero-order valence-corrected chi connectivity index (χ0v) is 7.26. The number of allylic oxidation sites excluding steroid dienone is 4. The number of rotatable bonds is 3. The molecule has 0 aliphatic carbocycles. The van der Waals surface area contributed by atoms with Crippen LogP contribution in [0, 0.1) is 0 Å². The third kappa shape index (κ3) is 6.21. The van der Waals surface area contributed by atoms with E-state index in [9.17, 15) is 0 Å². The number of hydrogen-bond acceptors (Lipinski definition) is 0. The lowest BCUT2D eigenvalue weighted by Gasteiger charge is -1.77. The minimum absolute atomic E-state index is 1.19. The van der Waals surface area contributed by atoms with Crippen LogP contribution in [0.4, 0.5) is 0 Å². The van der Waals surface area contributed by atoms with Gasteiger partial charge < -0.3 is 0 Å². The van der Waals surface area contributed by atoms with Gasteiger partial charge in [-0.05, 0) is 13.3 Å². The fourth-order valence-electron chi connectivity index (χ4n) is 0.349. The summed E-state index contributed by atoms with van der Waals surface area (Å²) < 4.78 is 1.21. The van der Waals surface area contributed by atoms with E-state index in [1.807, 2.05) is 19.1 Å². The monoisotopic (exact) mass is 222 g/mol. The molecule has 0 aromatic rings. The molecule has 0 N–H and O–H groups in total. The first kappa shape index (κ1) is 8.21. The third-order valence-electron chi connectivity index (χ3n) is 0.715. The SMILES string of the molecule is C/C=C/C=C/CCI. The molecule has 0 atom stereocenters. The van der Waals surface area contributed by atoms with E-state index in [0.29, 0.717) is 0 Å². The lowest BCUT2D eigenvalue weighted by Crippen LogP contribution is -1.62. The summed E-state index contributed by atoms with van der Waals surface area (Å²) in [6, 6.07) is 0. The molecule has 0 saturated carbocycles. The number of hydrogen-bond donors (Lipinski definition) is 0. The summed E-state index contributed by atoms with van der Waals surface area (Å²) in [4.78, 5) is 0. The highest BCUT2D eigenvalue weighted by Gasteiger charge is 1.68. The second kappa shape index (κ2) is 7.21. The molecule has 0 unspecified atom stereocenters. The molecule has 1 heteroatoms. The molecule has 46 valence electrons. The normalized spacial score (nSPS) is 11.8. The Morgan fingerprint density at radius 3 is 2.62 bits per heavy atom. The van der Waals surface area contributed by atoms with E-state index in [1.165, 1.54) is 10.8 Å². The second-order valence-electron chi connectivity index (χ2n) is 1.43. The van der Waals surface area contributed by atoms with Gasteiger partial charge in [-0.15, -0.1) is 0 Å². The largest absolute Gasteiger partial charge is 0.0877 e. The maximum atomic E-state index is 2.36. The molecule has 0 rings (SSSR count). The molecule has 0 amide bonds. The standard InChI is InChI=1S/C7H11I/c1-2-3-4-5-6-7-8/h2-5H,6-7H2,1H3/b3-2+,5-4+. The Morgan fingerprint density at radius 2 is 2.12 bits per heavy atom. The first-order chi connectivity index (χ1) is 3.91. The molecule has 0 aliphatic heterocycles. The summed E-state index contributed by atoms with van der Waals surface area (Å²) in [6.07, 6.45) is 9.52. The molecule has 0 fully saturated rings. The maximum absolute atomic E-state index is 2.36. The van der Waals surface area contributed by atoms with Crippen LogP contribution in [-0.2, 0) is 0 Å². The van der Waals surface area contributed by atoms with E-state index >= 15 is 0 Å². The first-order valence-electron chi connectivity index (χ1n) is 2.75. The van der Waals surface area contributed by atoms with Crippen LogP contribution in [0.5, 0.6) is 0 Å². The van der Waals surface area contributed by atoms with Crippen LogP contribution in [-0.4, -0.2) is 4.43 Å². The average Bonchev–Trinajstić information content (AvgIpc) is 1.81. The Bertz CT molecular complexity index is 82.4. The Kier molecular flexibility index (Phi) is 7.40. The van der Waals surface area contributed by atoms with Crippen LogP contribution in [0.3, 0.4) is 0 Å². The molecule has 0 aromatic heterocycles. The highest BCUT2D eigenvalue weighted by molar-refractivity contribution is 14.1. The lowest BCUT2D eigenvalue weighted by molar-refractivity contribution is 1.28. The van der Waals surface area contributed by atoms with Crippen molar-refractivity contribution in [3.8, 4) is 0 Å². The molecular formula is C7H11I. The zero-order chi connectivity index (χ0) is 6.24. The van der Waals surface area contributed by atoms with E-state index < -0.39 is 0 Å². The highest BCUT2D eigenvalue weighted by Crippen LogP contribution is 1.89. The Balaban J connectivity index is 3.07. The third-order valence-corrected chi connectivity index (χ3v) is 1.34. The molecule has 0 aromatic carbocycles. The van der Waals surface area contributed by atoms with Crippen molar-refractivity contribution in [3.63, 3.8) is 0 Å². The van der Waals surface area contributed by atoms with Crippen molar-refractivity contribution in [1.29, 1.82) is 0 Å². The van der Waals surface area contributed by atoms with Gasteiger partial charge in [-0.25, -0.2) is 0 Å². The van der Waals surface area contributed by atoms with Crippen LogP contribution in [0.1, 0.15) is 13.3 Å². The summed E-state index contributed by atoms with van der Waals surface area (Å²) in [5.41, 5.74) is 0. The summed E-state index contributed by atoms with van der Waals surface area (Å²) in [6.45, 7) is 2.02. The van der Waals surface area contributed by atoms with Gasteiger partial charge in [0.05, 0.1) is 0 Å². The molecule has 0 aliphatic rings. The van der Waals surface area contributed by atoms with Crippen molar-refractivity contribution in [2.45, 2.75) is 13.3 Å². The molecule has 0 heterocycles. The van der Waals surface area contributed by atoms with Gasteiger partial charge in [0, 0.05) is 4.43 Å². The predicted octanol–water partition coefficient (Wildman–Crippen LogP) is 2.94. The van der Waals surface area contributed by atoms with Gasteiger partial charge in [-0.3, -0.25) is 0 Å². The maximum Gasteiger partial charge on any atom is 0.00300 e. The van der Waals surface area contributed by atoms with Gasteiger partial charge in [0.25, 0.3) is 0 Å². The van der Waals surface area contributed by atoms with E-state index in [2.05, 4.69) is 34.7 Å².